The quantitative estimate of drug-likeness (QED) is 0.683. The van der Waals surface area contributed by atoms with Crippen molar-refractivity contribution in [3.05, 3.63) is 41.0 Å². The molecule has 0 radical (unpaired) electrons. The molecule has 1 aromatic heterocycles. The van der Waals surface area contributed by atoms with E-state index in [0.717, 1.165) is 38.3 Å². The summed E-state index contributed by atoms with van der Waals surface area (Å²) in [5.41, 5.74) is -0.516. The van der Waals surface area contributed by atoms with Crippen LogP contribution in [0.3, 0.4) is 0 Å². The van der Waals surface area contributed by atoms with Crippen LogP contribution in [0.25, 0.3) is 0 Å². The van der Waals surface area contributed by atoms with Gasteiger partial charge in [0, 0.05) is 13.2 Å². The fourth-order valence-electron chi connectivity index (χ4n) is 3.04. The molecule has 0 bridgehead atoms. The number of aromatic nitrogens is 2. The maximum atomic E-state index is 13.4. The van der Waals surface area contributed by atoms with Crippen molar-refractivity contribution in [3.63, 3.8) is 0 Å². The summed E-state index contributed by atoms with van der Waals surface area (Å²) in [7, 11) is 1.49. The first-order valence-electron chi connectivity index (χ1n) is 8.45. The number of anilines is 2. The molecule has 1 aliphatic rings. The summed E-state index contributed by atoms with van der Waals surface area (Å²) >= 11 is 6.13. The van der Waals surface area contributed by atoms with Gasteiger partial charge >= 0.3 is 12.2 Å². The van der Waals surface area contributed by atoms with E-state index in [1.165, 1.54) is 11.9 Å². The van der Waals surface area contributed by atoms with Crippen molar-refractivity contribution in [3.8, 4) is 6.01 Å². The number of alkyl halides is 3. The van der Waals surface area contributed by atoms with Gasteiger partial charge in [0.1, 0.15) is 11.7 Å². The van der Waals surface area contributed by atoms with E-state index >= 15 is 0 Å². The summed E-state index contributed by atoms with van der Waals surface area (Å²) in [5, 5.41) is 0.330. The van der Waals surface area contributed by atoms with E-state index in [0.29, 0.717) is 10.7 Å². The van der Waals surface area contributed by atoms with Crippen molar-refractivity contribution >= 4 is 23.1 Å². The fourth-order valence-corrected chi connectivity index (χ4v) is 3.30. The van der Waals surface area contributed by atoms with Crippen molar-refractivity contribution in [1.82, 2.24) is 9.97 Å². The first-order chi connectivity index (χ1) is 12.4. The second-order valence-electron chi connectivity index (χ2n) is 6.28. The van der Waals surface area contributed by atoms with E-state index in [2.05, 4.69) is 9.97 Å². The molecule has 1 fully saturated rings. The number of halogens is 4. The minimum Gasteiger partial charge on any atom is -0.460 e. The molecular weight excluding hydrogens is 367 g/mol. The van der Waals surface area contributed by atoms with E-state index in [4.69, 9.17) is 16.3 Å². The molecule has 0 atom stereocenters. The standard InChI is InChI=1S/C18H19ClF3N3O/c1-25(15-10-6-5-9-14(15)19)16-13(18(20,21)22)11-23-17(24-16)26-12-7-3-2-4-8-12/h5-6,9-12H,2-4,7-8H2,1H3. The van der Waals surface area contributed by atoms with Gasteiger partial charge in [0.2, 0.25) is 0 Å². The van der Waals surface area contributed by atoms with E-state index in [-0.39, 0.29) is 17.9 Å². The molecule has 8 heteroatoms. The Labute approximate surface area is 155 Å². The van der Waals surface area contributed by atoms with E-state index in [1.54, 1.807) is 24.3 Å². The Bertz CT molecular complexity index is 764. The summed E-state index contributed by atoms with van der Waals surface area (Å²) in [6, 6.07) is 6.61. The SMILES string of the molecule is CN(c1ccccc1Cl)c1nc(OC2CCCCC2)ncc1C(F)(F)F. The first kappa shape index (κ1) is 18.8. The van der Waals surface area contributed by atoms with Crippen LogP contribution in [-0.2, 0) is 6.18 Å². The molecule has 1 saturated carbocycles. The van der Waals surface area contributed by atoms with Crippen LogP contribution in [-0.4, -0.2) is 23.1 Å². The maximum absolute atomic E-state index is 13.4. The number of para-hydroxylation sites is 1. The average molecular weight is 386 g/mol. The Morgan fingerprint density at radius 3 is 2.50 bits per heavy atom. The molecule has 1 aromatic carbocycles. The molecule has 4 nitrogen and oxygen atoms in total. The van der Waals surface area contributed by atoms with E-state index in [9.17, 15) is 13.2 Å². The van der Waals surface area contributed by atoms with Crippen LogP contribution in [0.5, 0.6) is 6.01 Å². The number of hydrogen-bond donors (Lipinski definition) is 0. The van der Waals surface area contributed by atoms with Gasteiger partial charge in [0.15, 0.2) is 5.82 Å². The van der Waals surface area contributed by atoms with Crippen molar-refractivity contribution in [2.45, 2.75) is 44.4 Å². The highest BCUT2D eigenvalue weighted by Crippen LogP contribution is 2.39. The van der Waals surface area contributed by atoms with Crippen LogP contribution in [0.15, 0.2) is 30.5 Å². The van der Waals surface area contributed by atoms with Crippen molar-refractivity contribution in [1.29, 1.82) is 0 Å². The molecule has 0 spiro atoms. The monoisotopic (exact) mass is 385 g/mol. The van der Waals surface area contributed by atoms with Crippen LogP contribution in [0.4, 0.5) is 24.7 Å². The molecule has 2 aromatic rings. The number of benzene rings is 1. The number of nitrogens with zero attached hydrogens (tertiary/aromatic N) is 3. The first-order valence-corrected chi connectivity index (χ1v) is 8.83. The third-order valence-corrected chi connectivity index (χ3v) is 4.73. The molecule has 0 amide bonds. The predicted molar refractivity (Wildman–Crippen MR) is 94.1 cm³/mol. The zero-order chi connectivity index (χ0) is 18.7. The average Bonchev–Trinajstić information content (AvgIpc) is 2.61. The molecule has 0 saturated heterocycles. The lowest BCUT2D eigenvalue weighted by Crippen LogP contribution is -2.23. The van der Waals surface area contributed by atoms with Crippen molar-refractivity contribution in [2.24, 2.45) is 0 Å². The summed E-state index contributed by atoms with van der Waals surface area (Å²) < 4.78 is 46.0. The van der Waals surface area contributed by atoms with Gasteiger partial charge in [-0.3, -0.25) is 0 Å². The van der Waals surface area contributed by atoms with Crippen LogP contribution in [0.2, 0.25) is 5.02 Å². The largest absolute Gasteiger partial charge is 0.460 e. The predicted octanol–water partition coefficient (Wildman–Crippen LogP) is 5.63. The zero-order valence-corrected chi connectivity index (χ0v) is 15.0. The molecule has 0 aliphatic heterocycles. The van der Waals surface area contributed by atoms with Crippen LogP contribution in [0, 0.1) is 0 Å². The number of ether oxygens (including phenoxy) is 1. The normalized spacial score (nSPS) is 15.7. The molecule has 1 heterocycles. The molecule has 0 unspecified atom stereocenters. The third-order valence-electron chi connectivity index (χ3n) is 4.41. The minimum absolute atomic E-state index is 0.0428. The molecule has 140 valence electrons. The molecular formula is C18H19ClF3N3O. The Hall–Kier alpha value is -2.02. The lowest BCUT2D eigenvalue weighted by Gasteiger charge is -2.25. The molecule has 3 rings (SSSR count). The van der Waals surface area contributed by atoms with Gasteiger partial charge in [0.05, 0.1) is 10.7 Å². The minimum atomic E-state index is -4.59. The van der Waals surface area contributed by atoms with Crippen LogP contribution in [0.1, 0.15) is 37.7 Å². The topological polar surface area (TPSA) is 38.2 Å². The molecule has 1 aliphatic carbocycles. The Morgan fingerprint density at radius 2 is 1.85 bits per heavy atom. The van der Waals surface area contributed by atoms with E-state index < -0.39 is 11.7 Å². The zero-order valence-electron chi connectivity index (χ0n) is 14.3. The lowest BCUT2D eigenvalue weighted by molar-refractivity contribution is -0.137. The fraction of sp³-hybridized carbons (Fsp3) is 0.444. The summed E-state index contributed by atoms with van der Waals surface area (Å²) in [6.07, 6.45) is 1.07. The highest BCUT2D eigenvalue weighted by atomic mass is 35.5. The number of hydrogen-bond acceptors (Lipinski definition) is 4. The van der Waals surface area contributed by atoms with Gasteiger partial charge in [-0.05, 0) is 37.8 Å². The Morgan fingerprint density at radius 1 is 1.15 bits per heavy atom. The highest BCUT2D eigenvalue weighted by molar-refractivity contribution is 6.33. The van der Waals surface area contributed by atoms with Crippen molar-refractivity contribution in [2.75, 3.05) is 11.9 Å². The Kier molecular flexibility index (Phi) is 5.55. The van der Waals surface area contributed by atoms with Crippen LogP contribution >= 0.6 is 11.6 Å². The Balaban J connectivity index is 1.96. The smallest absolute Gasteiger partial charge is 0.421 e. The van der Waals surface area contributed by atoms with E-state index in [1.807, 2.05) is 0 Å². The van der Waals surface area contributed by atoms with Gasteiger partial charge in [-0.1, -0.05) is 30.2 Å². The third kappa shape index (κ3) is 4.20. The molecule has 26 heavy (non-hydrogen) atoms. The van der Waals surface area contributed by atoms with Gasteiger partial charge in [0.25, 0.3) is 0 Å². The summed E-state index contributed by atoms with van der Waals surface area (Å²) in [5.74, 6) is -0.286. The van der Waals surface area contributed by atoms with Gasteiger partial charge in [-0.25, -0.2) is 4.98 Å². The number of rotatable bonds is 4. The second-order valence-corrected chi connectivity index (χ2v) is 6.68. The summed E-state index contributed by atoms with van der Waals surface area (Å²) in [6.45, 7) is 0. The van der Waals surface area contributed by atoms with Crippen LogP contribution < -0.4 is 9.64 Å². The summed E-state index contributed by atoms with van der Waals surface area (Å²) in [4.78, 5) is 9.16. The van der Waals surface area contributed by atoms with Gasteiger partial charge in [-0.2, -0.15) is 18.2 Å². The van der Waals surface area contributed by atoms with Gasteiger partial charge in [-0.15, -0.1) is 0 Å². The van der Waals surface area contributed by atoms with Gasteiger partial charge < -0.3 is 9.64 Å². The molecule has 0 N–H and O–H groups in total. The second kappa shape index (κ2) is 7.70. The lowest BCUT2D eigenvalue weighted by atomic mass is 9.98. The highest BCUT2D eigenvalue weighted by Gasteiger charge is 2.37. The maximum Gasteiger partial charge on any atom is 0.421 e. The van der Waals surface area contributed by atoms with Crippen molar-refractivity contribution < 1.29 is 17.9 Å².